The van der Waals surface area contributed by atoms with E-state index in [1.807, 2.05) is 6.08 Å². The maximum Gasteiger partial charge on any atom is 0.0496 e. The number of hydrogen-bond acceptors (Lipinski definition) is 1. The van der Waals surface area contributed by atoms with E-state index < -0.39 is 0 Å². The van der Waals surface area contributed by atoms with E-state index in [4.69, 9.17) is 5.73 Å². The number of hydrogen-bond donors (Lipinski definition) is 1. The highest BCUT2D eigenvalue weighted by Crippen LogP contribution is 2.22. The lowest BCUT2D eigenvalue weighted by Crippen LogP contribution is -2.04. The highest BCUT2D eigenvalue weighted by atomic mass is 15.0. The zero-order chi connectivity index (χ0) is 13.9. The predicted octanol–water partition coefficient (Wildman–Crippen LogP) is 4.00. The molecule has 0 aliphatic rings. The van der Waals surface area contributed by atoms with Crippen molar-refractivity contribution in [3.63, 3.8) is 0 Å². The Morgan fingerprint density at radius 1 is 1.00 bits per heavy atom. The molecule has 0 unspecified atom stereocenters. The standard InChI is InChI=1S/C18H18N2/c1-2-6-15-8-5-9-16(18(15)19)13-20-12-11-14-7-3-4-10-17(14)20/h2-5,7-12H,1,6,13,19H2. The Hall–Kier alpha value is -2.48. The summed E-state index contributed by atoms with van der Waals surface area (Å²) in [6, 6.07) is 16.8. The van der Waals surface area contributed by atoms with Gasteiger partial charge >= 0.3 is 0 Å². The highest BCUT2D eigenvalue weighted by Gasteiger charge is 2.06. The van der Waals surface area contributed by atoms with E-state index in [0.717, 1.165) is 29.8 Å². The Balaban J connectivity index is 1.99. The van der Waals surface area contributed by atoms with E-state index in [2.05, 4.69) is 65.9 Å². The van der Waals surface area contributed by atoms with Gasteiger partial charge in [0.15, 0.2) is 0 Å². The number of aromatic nitrogens is 1. The lowest BCUT2D eigenvalue weighted by molar-refractivity contribution is 0.837. The van der Waals surface area contributed by atoms with E-state index in [9.17, 15) is 0 Å². The third-order valence-electron chi connectivity index (χ3n) is 3.67. The van der Waals surface area contributed by atoms with Gasteiger partial charge in [0, 0.05) is 23.9 Å². The molecule has 0 amide bonds. The SMILES string of the molecule is C=CCc1cccc(Cn2ccc3ccccc32)c1N. The van der Waals surface area contributed by atoms with Crippen LogP contribution in [-0.4, -0.2) is 4.57 Å². The molecule has 0 bridgehead atoms. The maximum absolute atomic E-state index is 6.27. The van der Waals surface area contributed by atoms with Crippen molar-refractivity contribution < 1.29 is 0 Å². The Morgan fingerprint density at radius 2 is 1.80 bits per heavy atom. The minimum Gasteiger partial charge on any atom is -0.398 e. The van der Waals surface area contributed by atoms with Crippen molar-refractivity contribution in [2.45, 2.75) is 13.0 Å². The summed E-state index contributed by atoms with van der Waals surface area (Å²) in [5, 5.41) is 1.26. The van der Waals surface area contributed by atoms with E-state index >= 15 is 0 Å². The van der Waals surface area contributed by atoms with Crippen LogP contribution < -0.4 is 5.73 Å². The van der Waals surface area contributed by atoms with Gasteiger partial charge in [0.1, 0.15) is 0 Å². The van der Waals surface area contributed by atoms with Crippen LogP contribution >= 0.6 is 0 Å². The number of benzene rings is 2. The zero-order valence-electron chi connectivity index (χ0n) is 11.4. The molecule has 0 atom stereocenters. The largest absolute Gasteiger partial charge is 0.398 e. The second-order valence-corrected chi connectivity index (χ2v) is 4.99. The predicted molar refractivity (Wildman–Crippen MR) is 85.8 cm³/mol. The van der Waals surface area contributed by atoms with Gasteiger partial charge in [-0.3, -0.25) is 0 Å². The Bertz CT molecular complexity index is 753. The molecule has 2 aromatic carbocycles. The topological polar surface area (TPSA) is 30.9 Å². The molecule has 3 aromatic rings. The molecule has 2 N–H and O–H groups in total. The molecule has 0 saturated carbocycles. The fourth-order valence-electron chi connectivity index (χ4n) is 2.60. The van der Waals surface area contributed by atoms with Gasteiger partial charge in [-0.15, -0.1) is 6.58 Å². The molecular formula is C18H18N2. The second kappa shape index (κ2) is 5.25. The first-order valence-electron chi connectivity index (χ1n) is 6.80. The van der Waals surface area contributed by atoms with Gasteiger partial charge < -0.3 is 10.3 Å². The van der Waals surface area contributed by atoms with E-state index in [0.29, 0.717) is 0 Å². The van der Waals surface area contributed by atoms with E-state index in [1.54, 1.807) is 0 Å². The average molecular weight is 262 g/mol. The van der Waals surface area contributed by atoms with Crippen LogP contribution in [0.4, 0.5) is 5.69 Å². The van der Waals surface area contributed by atoms with Crippen molar-refractivity contribution >= 4 is 16.6 Å². The van der Waals surface area contributed by atoms with Crippen molar-refractivity contribution in [2.75, 3.05) is 5.73 Å². The molecule has 0 aliphatic carbocycles. The molecule has 20 heavy (non-hydrogen) atoms. The first-order chi connectivity index (χ1) is 9.79. The lowest BCUT2D eigenvalue weighted by atomic mass is 10.0. The number of nitrogens with zero attached hydrogens (tertiary/aromatic N) is 1. The number of nitrogens with two attached hydrogens (primary N) is 1. The molecule has 0 fully saturated rings. The van der Waals surface area contributed by atoms with Gasteiger partial charge in [-0.2, -0.15) is 0 Å². The van der Waals surface area contributed by atoms with Crippen LogP contribution in [0, 0.1) is 0 Å². The molecule has 2 nitrogen and oxygen atoms in total. The number of anilines is 1. The van der Waals surface area contributed by atoms with Crippen LogP contribution in [0.5, 0.6) is 0 Å². The van der Waals surface area contributed by atoms with E-state index in [1.165, 1.54) is 10.9 Å². The molecular weight excluding hydrogens is 244 g/mol. The van der Waals surface area contributed by atoms with Gasteiger partial charge in [-0.25, -0.2) is 0 Å². The normalized spacial score (nSPS) is 10.8. The van der Waals surface area contributed by atoms with Crippen molar-refractivity contribution in [3.05, 3.63) is 78.5 Å². The summed E-state index contributed by atoms with van der Waals surface area (Å²) in [4.78, 5) is 0. The molecule has 0 spiro atoms. The zero-order valence-corrected chi connectivity index (χ0v) is 11.4. The minimum atomic E-state index is 0.796. The third-order valence-corrected chi connectivity index (χ3v) is 3.67. The van der Waals surface area contributed by atoms with Crippen LogP contribution in [0.15, 0.2) is 67.4 Å². The minimum absolute atomic E-state index is 0.796. The summed E-state index contributed by atoms with van der Waals surface area (Å²) in [5.41, 5.74) is 10.7. The highest BCUT2D eigenvalue weighted by molar-refractivity contribution is 5.80. The maximum atomic E-state index is 6.27. The molecule has 2 heteroatoms. The molecule has 1 heterocycles. The van der Waals surface area contributed by atoms with Gasteiger partial charge in [0.05, 0.1) is 0 Å². The van der Waals surface area contributed by atoms with E-state index in [-0.39, 0.29) is 0 Å². The molecule has 0 saturated heterocycles. The van der Waals surface area contributed by atoms with Crippen LogP contribution in [-0.2, 0) is 13.0 Å². The van der Waals surface area contributed by atoms with Crippen LogP contribution in [0.3, 0.4) is 0 Å². The first-order valence-corrected chi connectivity index (χ1v) is 6.80. The summed E-state index contributed by atoms with van der Waals surface area (Å²) in [6.45, 7) is 4.58. The number of fused-ring (bicyclic) bond motifs is 1. The van der Waals surface area contributed by atoms with Crippen molar-refractivity contribution in [1.82, 2.24) is 4.57 Å². The molecule has 100 valence electrons. The number of nitrogen functional groups attached to an aromatic ring is 1. The smallest absolute Gasteiger partial charge is 0.0496 e. The second-order valence-electron chi connectivity index (χ2n) is 4.99. The lowest BCUT2D eigenvalue weighted by Gasteiger charge is -2.11. The van der Waals surface area contributed by atoms with Crippen LogP contribution in [0.25, 0.3) is 10.9 Å². The fourth-order valence-corrected chi connectivity index (χ4v) is 2.60. The fraction of sp³-hybridized carbons (Fsp3) is 0.111. The Labute approximate surface area is 119 Å². The van der Waals surface area contributed by atoms with Gasteiger partial charge in [0.25, 0.3) is 0 Å². The number of para-hydroxylation sites is 2. The number of rotatable bonds is 4. The van der Waals surface area contributed by atoms with Gasteiger partial charge in [-0.1, -0.05) is 42.5 Å². The van der Waals surface area contributed by atoms with Crippen LogP contribution in [0.2, 0.25) is 0 Å². The summed E-state index contributed by atoms with van der Waals surface area (Å²) in [5.74, 6) is 0. The number of allylic oxidation sites excluding steroid dienone is 1. The average Bonchev–Trinajstić information content (AvgIpc) is 2.87. The van der Waals surface area contributed by atoms with Crippen molar-refractivity contribution in [2.24, 2.45) is 0 Å². The molecule has 0 radical (unpaired) electrons. The third kappa shape index (κ3) is 2.21. The first kappa shape index (κ1) is 12.5. The summed E-state index contributed by atoms with van der Waals surface area (Å²) < 4.78 is 2.23. The summed E-state index contributed by atoms with van der Waals surface area (Å²) in [6.07, 6.45) is 4.82. The van der Waals surface area contributed by atoms with Gasteiger partial charge in [0.2, 0.25) is 0 Å². The molecule has 3 rings (SSSR count). The van der Waals surface area contributed by atoms with Gasteiger partial charge in [-0.05, 0) is 35.1 Å². The monoisotopic (exact) mass is 262 g/mol. The Morgan fingerprint density at radius 3 is 2.65 bits per heavy atom. The Kier molecular flexibility index (Phi) is 3.30. The quantitative estimate of drug-likeness (QED) is 0.559. The van der Waals surface area contributed by atoms with Crippen molar-refractivity contribution in [1.29, 1.82) is 0 Å². The molecule has 0 aliphatic heterocycles. The van der Waals surface area contributed by atoms with Crippen LogP contribution in [0.1, 0.15) is 11.1 Å². The summed E-state index contributed by atoms with van der Waals surface area (Å²) >= 11 is 0. The molecule has 1 aromatic heterocycles. The van der Waals surface area contributed by atoms with Crippen molar-refractivity contribution in [3.8, 4) is 0 Å². The summed E-state index contributed by atoms with van der Waals surface area (Å²) in [7, 11) is 0.